The third kappa shape index (κ3) is 4.78. The maximum Gasteiger partial charge on any atom is 0.224 e. The number of para-hydroxylation sites is 1. The number of hydrogen-bond donors (Lipinski definition) is 1. The van der Waals surface area contributed by atoms with Gasteiger partial charge in [-0.3, -0.25) is 4.79 Å². The Morgan fingerprint density at radius 3 is 2.72 bits per heavy atom. The molecule has 0 heterocycles. The summed E-state index contributed by atoms with van der Waals surface area (Å²) in [5, 5.41) is 3.31. The maximum absolute atomic E-state index is 11.8. The molecule has 0 aromatic heterocycles. The normalized spacial score (nSPS) is 10.2. The van der Waals surface area contributed by atoms with Gasteiger partial charge in [0.25, 0.3) is 0 Å². The standard InChI is InChI=1S/C15H24N2O/c1-4-5-12-17(3)15(18)10-11-16-14-9-7-6-8-13(14)2/h6-9,16H,4-5,10-12H2,1-3H3. The Balaban J connectivity index is 2.29. The van der Waals surface area contributed by atoms with Gasteiger partial charge in [0.05, 0.1) is 0 Å². The molecule has 0 fully saturated rings. The Morgan fingerprint density at radius 2 is 2.06 bits per heavy atom. The third-order valence-corrected chi connectivity index (χ3v) is 3.07. The van der Waals surface area contributed by atoms with Crippen LogP contribution in [-0.4, -0.2) is 30.9 Å². The molecule has 1 aromatic carbocycles. The summed E-state index contributed by atoms with van der Waals surface area (Å²) in [7, 11) is 1.88. The Kier molecular flexibility index (Phi) is 6.26. The summed E-state index contributed by atoms with van der Waals surface area (Å²) in [5.41, 5.74) is 2.32. The van der Waals surface area contributed by atoms with E-state index in [1.165, 1.54) is 5.56 Å². The molecule has 0 atom stereocenters. The molecule has 18 heavy (non-hydrogen) atoms. The zero-order valence-corrected chi connectivity index (χ0v) is 11.7. The largest absolute Gasteiger partial charge is 0.384 e. The molecule has 0 saturated heterocycles. The van der Waals surface area contributed by atoms with Gasteiger partial charge in [0.2, 0.25) is 5.91 Å². The number of benzene rings is 1. The summed E-state index contributed by atoms with van der Waals surface area (Å²) < 4.78 is 0. The predicted octanol–water partition coefficient (Wildman–Crippen LogP) is 3.06. The number of nitrogens with one attached hydrogen (secondary N) is 1. The molecule has 1 rings (SSSR count). The van der Waals surface area contributed by atoms with Crippen molar-refractivity contribution in [3.8, 4) is 0 Å². The van der Waals surface area contributed by atoms with E-state index in [-0.39, 0.29) is 5.91 Å². The number of carbonyl (C=O) groups excluding carboxylic acids is 1. The Labute approximate surface area is 110 Å². The average Bonchev–Trinajstić information content (AvgIpc) is 2.38. The highest BCUT2D eigenvalue weighted by molar-refractivity contribution is 5.76. The van der Waals surface area contributed by atoms with Crippen molar-refractivity contribution in [1.29, 1.82) is 0 Å². The lowest BCUT2D eigenvalue weighted by Crippen LogP contribution is -2.29. The van der Waals surface area contributed by atoms with E-state index in [4.69, 9.17) is 0 Å². The van der Waals surface area contributed by atoms with Gasteiger partial charge >= 0.3 is 0 Å². The van der Waals surface area contributed by atoms with Crippen LogP contribution in [0.3, 0.4) is 0 Å². The molecule has 3 nitrogen and oxygen atoms in total. The minimum atomic E-state index is 0.213. The number of carbonyl (C=O) groups is 1. The minimum Gasteiger partial charge on any atom is -0.384 e. The summed E-state index contributed by atoms with van der Waals surface area (Å²) in [6.45, 7) is 5.76. The first-order valence-corrected chi connectivity index (χ1v) is 6.68. The van der Waals surface area contributed by atoms with Crippen molar-refractivity contribution >= 4 is 11.6 Å². The molecular formula is C15H24N2O. The fourth-order valence-electron chi connectivity index (χ4n) is 1.79. The molecule has 1 aromatic rings. The number of hydrogen-bond acceptors (Lipinski definition) is 2. The van der Waals surface area contributed by atoms with Crippen LogP contribution in [0.4, 0.5) is 5.69 Å². The number of rotatable bonds is 7. The second-order valence-corrected chi connectivity index (χ2v) is 4.66. The molecule has 0 radical (unpaired) electrons. The highest BCUT2D eigenvalue weighted by Crippen LogP contribution is 2.12. The first-order valence-electron chi connectivity index (χ1n) is 6.68. The first kappa shape index (κ1) is 14.6. The van der Waals surface area contributed by atoms with Crippen molar-refractivity contribution in [3.05, 3.63) is 29.8 Å². The van der Waals surface area contributed by atoms with Crippen LogP contribution in [0.5, 0.6) is 0 Å². The molecule has 1 N–H and O–H groups in total. The summed E-state index contributed by atoms with van der Waals surface area (Å²) >= 11 is 0. The number of aryl methyl sites for hydroxylation is 1. The van der Waals surface area contributed by atoms with Crippen molar-refractivity contribution in [2.24, 2.45) is 0 Å². The van der Waals surface area contributed by atoms with Crippen LogP contribution in [0, 0.1) is 6.92 Å². The van der Waals surface area contributed by atoms with Crippen LogP contribution < -0.4 is 5.32 Å². The quantitative estimate of drug-likeness (QED) is 0.804. The number of amides is 1. The van der Waals surface area contributed by atoms with E-state index in [1.807, 2.05) is 30.1 Å². The van der Waals surface area contributed by atoms with E-state index >= 15 is 0 Å². The molecule has 0 aliphatic heterocycles. The van der Waals surface area contributed by atoms with Gasteiger partial charge in [-0.05, 0) is 25.0 Å². The zero-order chi connectivity index (χ0) is 13.4. The molecule has 0 spiro atoms. The Bertz CT molecular complexity index is 377. The lowest BCUT2D eigenvalue weighted by molar-refractivity contribution is -0.129. The molecule has 0 unspecified atom stereocenters. The van der Waals surface area contributed by atoms with E-state index in [2.05, 4.69) is 25.2 Å². The summed E-state index contributed by atoms with van der Waals surface area (Å²) in [6, 6.07) is 8.13. The van der Waals surface area contributed by atoms with Crippen LogP contribution in [0.15, 0.2) is 24.3 Å². The average molecular weight is 248 g/mol. The first-order chi connectivity index (χ1) is 8.65. The van der Waals surface area contributed by atoms with Crippen molar-refractivity contribution < 1.29 is 4.79 Å². The van der Waals surface area contributed by atoms with Crippen molar-refractivity contribution in [2.75, 3.05) is 25.5 Å². The van der Waals surface area contributed by atoms with Crippen molar-refractivity contribution in [2.45, 2.75) is 33.1 Å². The van der Waals surface area contributed by atoms with Crippen molar-refractivity contribution in [3.63, 3.8) is 0 Å². The van der Waals surface area contributed by atoms with Gasteiger partial charge in [-0.1, -0.05) is 31.5 Å². The monoisotopic (exact) mass is 248 g/mol. The minimum absolute atomic E-state index is 0.213. The second kappa shape index (κ2) is 7.75. The number of anilines is 1. The zero-order valence-electron chi connectivity index (χ0n) is 11.7. The number of nitrogens with zero attached hydrogens (tertiary/aromatic N) is 1. The molecule has 0 aliphatic carbocycles. The molecule has 100 valence electrons. The van der Waals surface area contributed by atoms with Gasteiger partial charge < -0.3 is 10.2 Å². The fourth-order valence-corrected chi connectivity index (χ4v) is 1.79. The van der Waals surface area contributed by atoms with Crippen LogP contribution in [0.2, 0.25) is 0 Å². The molecule has 0 aliphatic rings. The van der Waals surface area contributed by atoms with E-state index in [1.54, 1.807) is 0 Å². The molecule has 3 heteroatoms. The molecular weight excluding hydrogens is 224 g/mol. The third-order valence-electron chi connectivity index (χ3n) is 3.07. The van der Waals surface area contributed by atoms with Gasteiger partial charge in [0.15, 0.2) is 0 Å². The van der Waals surface area contributed by atoms with E-state index < -0.39 is 0 Å². The SMILES string of the molecule is CCCCN(C)C(=O)CCNc1ccccc1C. The maximum atomic E-state index is 11.8. The van der Waals surface area contributed by atoms with E-state index in [0.29, 0.717) is 13.0 Å². The van der Waals surface area contributed by atoms with E-state index in [0.717, 1.165) is 25.1 Å². The highest BCUT2D eigenvalue weighted by Gasteiger charge is 2.07. The van der Waals surface area contributed by atoms with Crippen LogP contribution in [-0.2, 0) is 4.79 Å². The number of unbranched alkanes of at least 4 members (excludes halogenated alkanes) is 1. The van der Waals surface area contributed by atoms with E-state index in [9.17, 15) is 4.79 Å². The topological polar surface area (TPSA) is 32.3 Å². The second-order valence-electron chi connectivity index (χ2n) is 4.66. The summed E-state index contributed by atoms with van der Waals surface area (Å²) in [4.78, 5) is 13.6. The van der Waals surface area contributed by atoms with Gasteiger partial charge in [-0.2, -0.15) is 0 Å². The lowest BCUT2D eigenvalue weighted by atomic mass is 10.2. The van der Waals surface area contributed by atoms with Gasteiger partial charge in [-0.25, -0.2) is 0 Å². The van der Waals surface area contributed by atoms with Crippen LogP contribution >= 0.6 is 0 Å². The summed E-state index contributed by atoms with van der Waals surface area (Å²) in [6.07, 6.45) is 2.75. The Morgan fingerprint density at radius 1 is 1.33 bits per heavy atom. The van der Waals surface area contributed by atoms with Gasteiger partial charge in [0, 0.05) is 32.2 Å². The van der Waals surface area contributed by atoms with Crippen LogP contribution in [0.25, 0.3) is 0 Å². The van der Waals surface area contributed by atoms with Gasteiger partial charge in [-0.15, -0.1) is 0 Å². The Hall–Kier alpha value is -1.51. The predicted molar refractivity (Wildman–Crippen MR) is 76.8 cm³/mol. The molecule has 0 bridgehead atoms. The summed E-state index contributed by atoms with van der Waals surface area (Å²) in [5.74, 6) is 0.213. The van der Waals surface area contributed by atoms with Crippen molar-refractivity contribution in [1.82, 2.24) is 4.90 Å². The highest BCUT2D eigenvalue weighted by atomic mass is 16.2. The van der Waals surface area contributed by atoms with Crippen LogP contribution in [0.1, 0.15) is 31.7 Å². The lowest BCUT2D eigenvalue weighted by Gasteiger charge is -2.17. The fraction of sp³-hybridized carbons (Fsp3) is 0.533. The smallest absolute Gasteiger partial charge is 0.224 e. The molecule has 0 saturated carbocycles. The van der Waals surface area contributed by atoms with Gasteiger partial charge in [0.1, 0.15) is 0 Å². The molecule has 1 amide bonds.